The summed E-state index contributed by atoms with van der Waals surface area (Å²) >= 11 is 0. The zero-order valence-corrected chi connectivity index (χ0v) is 13.7. The lowest BCUT2D eigenvalue weighted by molar-refractivity contribution is 0.0932. The van der Waals surface area contributed by atoms with Crippen molar-refractivity contribution in [3.63, 3.8) is 0 Å². The predicted molar refractivity (Wildman–Crippen MR) is 84.3 cm³/mol. The van der Waals surface area contributed by atoms with Gasteiger partial charge in [-0.15, -0.1) is 10.2 Å². The molecule has 1 aromatic heterocycles. The average Bonchev–Trinajstić information content (AvgIpc) is 3.17. The van der Waals surface area contributed by atoms with Crippen LogP contribution < -0.4 is 10.1 Å². The lowest BCUT2D eigenvalue weighted by Gasteiger charge is -2.14. The van der Waals surface area contributed by atoms with Crippen molar-refractivity contribution in [1.82, 2.24) is 15.5 Å². The average molecular weight is 333 g/mol. The molecule has 1 aromatic carbocycles. The summed E-state index contributed by atoms with van der Waals surface area (Å²) < 4.78 is 24.5. The van der Waals surface area contributed by atoms with Gasteiger partial charge in [-0.25, -0.2) is 4.39 Å². The Morgan fingerprint density at radius 2 is 2.25 bits per heavy atom. The molecule has 0 aliphatic heterocycles. The number of halogens is 1. The highest BCUT2D eigenvalue weighted by molar-refractivity contribution is 5.95. The molecule has 2 atom stereocenters. The van der Waals surface area contributed by atoms with Crippen molar-refractivity contribution < 1.29 is 18.3 Å². The van der Waals surface area contributed by atoms with Crippen LogP contribution in [0.1, 0.15) is 41.4 Å². The minimum atomic E-state index is -0.631. The van der Waals surface area contributed by atoms with Gasteiger partial charge >= 0.3 is 0 Å². The van der Waals surface area contributed by atoms with E-state index in [1.807, 2.05) is 0 Å². The van der Waals surface area contributed by atoms with Gasteiger partial charge in [-0.1, -0.05) is 6.07 Å². The minimum Gasteiger partial charge on any atom is -0.494 e. The van der Waals surface area contributed by atoms with E-state index < -0.39 is 11.7 Å². The van der Waals surface area contributed by atoms with Crippen LogP contribution in [-0.2, 0) is 6.42 Å². The van der Waals surface area contributed by atoms with Crippen molar-refractivity contribution in [3.05, 3.63) is 41.4 Å². The molecule has 2 aromatic rings. The number of aryl methyl sites for hydroxylation is 1. The van der Waals surface area contributed by atoms with Crippen LogP contribution in [0, 0.1) is 18.7 Å². The van der Waals surface area contributed by atoms with E-state index in [4.69, 9.17) is 9.15 Å². The summed E-state index contributed by atoms with van der Waals surface area (Å²) in [5.74, 6) is 0.591. The summed E-state index contributed by atoms with van der Waals surface area (Å²) in [7, 11) is 1.38. The van der Waals surface area contributed by atoms with E-state index in [9.17, 15) is 9.18 Å². The molecule has 24 heavy (non-hydrogen) atoms. The number of rotatable bonds is 5. The molecule has 0 spiro atoms. The summed E-state index contributed by atoms with van der Waals surface area (Å²) in [5.41, 5.74) is 0.00493. The van der Waals surface area contributed by atoms with Gasteiger partial charge < -0.3 is 14.5 Å². The highest BCUT2D eigenvalue weighted by Crippen LogP contribution is 2.29. The first-order valence-electron chi connectivity index (χ1n) is 7.99. The number of nitrogens with zero attached hydrogens (tertiary/aromatic N) is 2. The molecular formula is C17H20FN3O3. The number of amides is 1. The first-order chi connectivity index (χ1) is 11.6. The predicted octanol–water partition coefficient (Wildman–Crippen LogP) is 2.67. The zero-order chi connectivity index (χ0) is 17.1. The summed E-state index contributed by atoms with van der Waals surface area (Å²) in [4.78, 5) is 12.3. The van der Waals surface area contributed by atoms with Crippen LogP contribution in [0.4, 0.5) is 4.39 Å². The monoisotopic (exact) mass is 333 g/mol. The number of nitrogens with one attached hydrogen (secondary N) is 1. The molecule has 0 unspecified atom stereocenters. The second kappa shape index (κ2) is 6.98. The van der Waals surface area contributed by atoms with Gasteiger partial charge in [-0.05, 0) is 37.3 Å². The Balaban J connectivity index is 1.58. The maximum atomic E-state index is 14.2. The fourth-order valence-corrected chi connectivity index (χ4v) is 3.17. The van der Waals surface area contributed by atoms with E-state index in [-0.39, 0.29) is 17.4 Å². The van der Waals surface area contributed by atoms with Crippen molar-refractivity contribution in [1.29, 1.82) is 0 Å². The quantitative estimate of drug-likeness (QED) is 0.910. The fraction of sp³-hybridized carbons (Fsp3) is 0.471. The third kappa shape index (κ3) is 3.55. The summed E-state index contributed by atoms with van der Waals surface area (Å²) in [5, 5.41) is 10.7. The van der Waals surface area contributed by atoms with Crippen molar-refractivity contribution in [2.24, 2.45) is 5.92 Å². The molecule has 1 aliphatic rings. The van der Waals surface area contributed by atoms with Crippen LogP contribution in [0.3, 0.4) is 0 Å². The number of hydrogen-bond donors (Lipinski definition) is 1. The topological polar surface area (TPSA) is 77.2 Å². The maximum absolute atomic E-state index is 14.2. The number of aromatic nitrogens is 2. The second-order valence-electron chi connectivity index (χ2n) is 6.09. The standard InChI is InChI=1S/C17H20FN3O3/c1-10-20-21-15(24-10)9-11-6-7-12(8-11)19-17(22)13-4-3-5-14(23-2)16(13)18/h3-5,11-12H,6-9H2,1-2H3,(H,19,22)/t11-,12+/m1/s1. The lowest BCUT2D eigenvalue weighted by Crippen LogP contribution is -2.33. The SMILES string of the molecule is COc1cccc(C(=O)N[C@H]2CC[C@@H](Cc3nnc(C)o3)C2)c1F. The third-order valence-electron chi connectivity index (χ3n) is 4.34. The van der Waals surface area contributed by atoms with E-state index >= 15 is 0 Å². The van der Waals surface area contributed by atoms with Crippen LogP contribution in [-0.4, -0.2) is 29.3 Å². The van der Waals surface area contributed by atoms with E-state index in [0.717, 1.165) is 19.3 Å². The number of hydrogen-bond acceptors (Lipinski definition) is 5. The molecular weight excluding hydrogens is 313 g/mol. The highest BCUT2D eigenvalue weighted by atomic mass is 19.1. The lowest BCUT2D eigenvalue weighted by atomic mass is 10.0. The Hall–Kier alpha value is -2.44. The van der Waals surface area contributed by atoms with Crippen LogP contribution in [0.25, 0.3) is 0 Å². The highest BCUT2D eigenvalue weighted by Gasteiger charge is 2.28. The normalized spacial score (nSPS) is 20.1. The van der Waals surface area contributed by atoms with Crippen LogP contribution in [0.15, 0.2) is 22.6 Å². The summed E-state index contributed by atoms with van der Waals surface area (Å²) in [6.45, 7) is 1.76. The first kappa shape index (κ1) is 16.4. The fourth-order valence-electron chi connectivity index (χ4n) is 3.17. The second-order valence-corrected chi connectivity index (χ2v) is 6.09. The molecule has 3 rings (SSSR count). The molecule has 128 valence electrons. The molecule has 6 nitrogen and oxygen atoms in total. The Morgan fingerprint density at radius 1 is 1.42 bits per heavy atom. The van der Waals surface area contributed by atoms with Gasteiger partial charge in [0.05, 0.1) is 12.7 Å². The Bertz CT molecular complexity index is 732. The Labute approximate surface area is 139 Å². The molecule has 1 aliphatic carbocycles. The van der Waals surface area contributed by atoms with Gasteiger partial charge in [0.15, 0.2) is 11.6 Å². The van der Waals surface area contributed by atoms with Crippen molar-refractivity contribution in [3.8, 4) is 5.75 Å². The van der Waals surface area contributed by atoms with Crippen molar-refractivity contribution >= 4 is 5.91 Å². The minimum absolute atomic E-state index is 0.00493. The molecule has 1 saturated carbocycles. The van der Waals surface area contributed by atoms with Crippen molar-refractivity contribution in [2.75, 3.05) is 7.11 Å². The smallest absolute Gasteiger partial charge is 0.254 e. The molecule has 0 radical (unpaired) electrons. The third-order valence-corrected chi connectivity index (χ3v) is 4.34. The van der Waals surface area contributed by atoms with E-state index in [1.54, 1.807) is 13.0 Å². The first-order valence-corrected chi connectivity index (χ1v) is 7.99. The summed E-state index contributed by atoms with van der Waals surface area (Å²) in [6.07, 6.45) is 3.35. The number of carbonyl (C=O) groups is 1. The molecule has 1 heterocycles. The molecule has 0 saturated heterocycles. The van der Waals surface area contributed by atoms with Gasteiger partial charge in [0.1, 0.15) is 0 Å². The number of methoxy groups -OCH3 is 1. The maximum Gasteiger partial charge on any atom is 0.254 e. The van der Waals surface area contributed by atoms with E-state index in [0.29, 0.717) is 24.1 Å². The Kier molecular flexibility index (Phi) is 4.78. The zero-order valence-electron chi connectivity index (χ0n) is 13.7. The molecule has 7 heteroatoms. The van der Waals surface area contributed by atoms with E-state index in [2.05, 4.69) is 15.5 Å². The molecule has 1 N–H and O–H groups in total. The molecule has 0 bridgehead atoms. The van der Waals surface area contributed by atoms with Crippen LogP contribution in [0.2, 0.25) is 0 Å². The summed E-state index contributed by atoms with van der Waals surface area (Å²) in [6, 6.07) is 4.58. The van der Waals surface area contributed by atoms with Gasteiger partial charge in [-0.2, -0.15) is 0 Å². The van der Waals surface area contributed by atoms with Gasteiger partial charge in [0, 0.05) is 19.4 Å². The largest absolute Gasteiger partial charge is 0.494 e. The molecule has 1 amide bonds. The van der Waals surface area contributed by atoms with Gasteiger partial charge in [-0.3, -0.25) is 4.79 Å². The van der Waals surface area contributed by atoms with Gasteiger partial charge in [0.2, 0.25) is 11.8 Å². The van der Waals surface area contributed by atoms with E-state index in [1.165, 1.54) is 19.2 Å². The number of carbonyl (C=O) groups excluding carboxylic acids is 1. The Morgan fingerprint density at radius 3 is 2.96 bits per heavy atom. The number of ether oxygens (including phenoxy) is 1. The van der Waals surface area contributed by atoms with Crippen molar-refractivity contribution in [2.45, 2.75) is 38.6 Å². The number of benzene rings is 1. The van der Waals surface area contributed by atoms with Crippen LogP contribution in [0.5, 0.6) is 5.75 Å². The van der Waals surface area contributed by atoms with Crippen LogP contribution >= 0.6 is 0 Å². The van der Waals surface area contributed by atoms with Gasteiger partial charge in [0.25, 0.3) is 5.91 Å². The molecule has 1 fully saturated rings.